The number of aromatic hydroxyl groups is 1. The van der Waals surface area contributed by atoms with Crippen LogP contribution in [0.4, 0.5) is 5.69 Å². The number of hydrogen-bond donors (Lipinski definition) is 2. The van der Waals surface area contributed by atoms with Crippen molar-refractivity contribution in [3.63, 3.8) is 0 Å². The van der Waals surface area contributed by atoms with Gasteiger partial charge in [-0.1, -0.05) is 61.3 Å². The third-order valence-corrected chi connectivity index (χ3v) is 6.26. The number of aliphatic hydroxyl groups is 1. The molecule has 0 saturated carbocycles. The van der Waals surface area contributed by atoms with Crippen molar-refractivity contribution in [2.75, 3.05) is 11.5 Å². The van der Waals surface area contributed by atoms with E-state index in [1.54, 1.807) is 42.5 Å². The number of phenolic OH excluding ortho intramolecular Hbond substituents is 1. The van der Waals surface area contributed by atoms with Crippen molar-refractivity contribution in [1.29, 1.82) is 0 Å². The fourth-order valence-corrected chi connectivity index (χ4v) is 4.15. The maximum atomic E-state index is 13.3. The number of ketones is 1. The van der Waals surface area contributed by atoms with Gasteiger partial charge in [0, 0.05) is 11.3 Å². The molecule has 1 unspecified atom stereocenters. The van der Waals surface area contributed by atoms with Crippen LogP contribution < -0.4 is 9.64 Å². The first-order valence-corrected chi connectivity index (χ1v) is 11.7. The van der Waals surface area contributed by atoms with Crippen molar-refractivity contribution >= 4 is 46.3 Å². The molecule has 0 radical (unpaired) electrons. The Labute approximate surface area is 213 Å². The van der Waals surface area contributed by atoms with Crippen LogP contribution in [0.2, 0.25) is 10.0 Å². The second-order valence-electron chi connectivity index (χ2n) is 8.59. The maximum Gasteiger partial charge on any atom is 0.300 e. The molecule has 8 heteroatoms. The molecule has 6 nitrogen and oxygen atoms in total. The van der Waals surface area contributed by atoms with E-state index in [2.05, 4.69) is 0 Å². The summed E-state index contributed by atoms with van der Waals surface area (Å²) >= 11 is 12.2. The number of phenols is 1. The summed E-state index contributed by atoms with van der Waals surface area (Å²) in [6, 6.07) is 16.4. The number of benzene rings is 3. The lowest BCUT2D eigenvalue weighted by atomic mass is 9.95. The van der Waals surface area contributed by atoms with Gasteiger partial charge in [-0.25, -0.2) is 0 Å². The number of Topliss-reactive ketones (excluding diaryl/α,β-unsaturated/α-hetero) is 1. The molecule has 2 N–H and O–H groups in total. The number of halogens is 2. The van der Waals surface area contributed by atoms with Crippen LogP contribution in [-0.4, -0.2) is 28.5 Å². The first-order chi connectivity index (χ1) is 16.7. The minimum Gasteiger partial charge on any atom is -0.508 e. The van der Waals surface area contributed by atoms with Gasteiger partial charge >= 0.3 is 0 Å². The predicted molar refractivity (Wildman–Crippen MR) is 136 cm³/mol. The number of carbonyl (C=O) groups is 2. The monoisotopic (exact) mass is 511 g/mol. The van der Waals surface area contributed by atoms with E-state index in [-0.39, 0.29) is 22.1 Å². The van der Waals surface area contributed by atoms with Crippen molar-refractivity contribution in [1.82, 2.24) is 0 Å². The van der Waals surface area contributed by atoms with E-state index in [9.17, 15) is 19.8 Å². The number of rotatable bonds is 6. The summed E-state index contributed by atoms with van der Waals surface area (Å²) in [6.07, 6.45) is 0. The van der Waals surface area contributed by atoms with Crippen molar-refractivity contribution in [3.8, 4) is 11.5 Å². The van der Waals surface area contributed by atoms with Gasteiger partial charge in [-0.05, 0) is 53.9 Å². The number of amides is 1. The van der Waals surface area contributed by atoms with Crippen LogP contribution in [0.5, 0.6) is 11.5 Å². The van der Waals surface area contributed by atoms with Crippen LogP contribution in [0.3, 0.4) is 0 Å². The summed E-state index contributed by atoms with van der Waals surface area (Å²) in [5.41, 5.74) is 1.10. The molecule has 0 spiro atoms. The predicted octanol–water partition coefficient (Wildman–Crippen LogP) is 6.36. The Bertz CT molecular complexity index is 1320. The first-order valence-electron chi connectivity index (χ1n) is 11.0. The summed E-state index contributed by atoms with van der Waals surface area (Å²) in [5, 5.41) is 21.6. The number of nitrogens with zero attached hydrogens (tertiary/aromatic N) is 1. The number of ether oxygens (including phenoxy) is 1. The third kappa shape index (κ3) is 4.99. The summed E-state index contributed by atoms with van der Waals surface area (Å²) in [5.74, 6) is -1.15. The van der Waals surface area contributed by atoms with Crippen molar-refractivity contribution in [2.24, 2.45) is 5.92 Å². The fraction of sp³-hybridized carbons (Fsp3) is 0.185. The summed E-state index contributed by atoms with van der Waals surface area (Å²) in [7, 11) is 0. The Morgan fingerprint density at radius 2 is 1.71 bits per heavy atom. The van der Waals surface area contributed by atoms with Crippen LogP contribution in [0.15, 0.2) is 72.3 Å². The van der Waals surface area contributed by atoms with E-state index >= 15 is 0 Å². The molecule has 1 atom stereocenters. The highest BCUT2D eigenvalue weighted by atomic mass is 35.5. The fourth-order valence-electron chi connectivity index (χ4n) is 3.86. The van der Waals surface area contributed by atoms with E-state index in [1.807, 2.05) is 13.8 Å². The van der Waals surface area contributed by atoms with Gasteiger partial charge in [0.2, 0.25) is 0 Å². The van der Waals surface area contributed by atoms with E-state index in [4.69, 9.17) is 27.9 Å². The second kappa shape index (κ2) is 10.0. The number of hydrogen-bond acceptors (Lipinski definition) is 5. The van der Waals surface area contributed by atoms with Gasteiger partial charge in [-0.3, -0.25) is 14.5 Å². The van der Waals surface area contributed by atoms with E-state index in [0.29, 0.717) is 40.1 Å². The molecule has 35 heavy (non-hydrogen) atoms. The molecule has 4 rings (SSSR count). The molecular weight excluding hydrogens is 489 g/mol. The van der Waals surface area contributed by atoms with Crippen LogP contribution in [0.1, 0.15) is 31.0 Å². The molecule has 0 bridgehead atoms. The van der Waals surface area contributed by atoms with Gasteiger partial charge in [0.05, 0.1) is 28.3 Å². The Morgan fingerprint density at radius 1 is 1.00 bits per heavy atom. The molecule has 1 aliphatic heterocycles. The molecule has 1 amide bonds. The van der Waals surface area contributed by atoms with E-state index in [1.165, 1.54) is 29.2 Å². The smallest absolute Gasteiger partial charge is 0.300 e. The van der Waals surface area contributed by atoms with Gasteiger partial charge in [-0.15, -0.1) is 0 Å². The number of anilines is 1. The minimum absolute atomic E-state index is 0.0234. The van der Waals surface area contributed by atoms with Crippen LogP contribution >= 0.6 is 23.2 Å². The Kier molecular flexibility index (Phi) is 7.05. The molecule has 1 fully saturated rings. The molecule has 1 saturated heterocycles. The van der Waals surface area contributed by atoms with Crippen molar-refractivity contribution in [3.05, 3.63) is 93.5 Å². The zero-order valence-electron chi connectivity index (χ0n) is 19.0. The van der Waals surface area contributed by atoms with Gasteiger partial charge in [-0.2, -0.15) is 0 Å². The Hall–Kier alpha value is -3.48. The molecule has 1 aliphatic rings. The van der Waals surface area contributed by atoms with E-state index in [0.717, 1.165) is 0 Å². The van der Waals surface area contributed by atoms with Crippen LogP contribution in [-0.2, 0) is 9.59 Å². The number of aliphatic hydroxyl groups excluding tert-OH is 1. The standard InChI is InChI=1S/C27H23Cl2NO5/c1-15(2)14-35-20-5-3-4-17(12-20)25(32)23-24(16-6-9-19(31)10-7-16)30(27(34)26(23)33)18-8-11-21(28)22(29)13-18/h3-13,15,24,31-32H,14H2,1-2H3/b25-23+. The molecule has 0 aliphatic carbocycles. The molecular formula is C27H23Cl2NO5. The second-order valence-corrected chi connectivity index (χ2v) is 9.41. The largest absolute Gasteiger partial charge is 0.508 e. The third-order valence-electron chi connectivity index (χ3n) is 5.53. The molecule has 3 aromatic rings. The zero-order valence-corrected chi connectivity index (χ0v) is 20.5. The molecule has 0 aromatic heterocycles. The highest BCUT2D eigenvalue weighted by Gasteiger charge is 2.47. The summed E-state index contributed by atoms with van der Waals surface area (Å²) in [4.78, 5) is 27.7. The first kappa shape index (κ1) is 24.6. The highest BCUT2D eigenvalue weighted by Crippen LogP contribution is 2.43. The van der Waals surface area contributed by atoms with Gasteiger partial charge in [0.15, 0.2) is 0 Å². The van der Waals surface area contributed by atoms with E-state index < -0.39 is 17.7 Å². The minimum atomic E-state index is -0.965. The Morgan fingerprint density at radius 3 is 2.37 bits per heavy atom. The molecule has 1 heterocycles. The average molecular weight is 512 g/mol. The highest BCUT2D eigenvalue weighted by molar-refractivity contribution is 6.52. The zero-order chi connectivity index (χ0) is 25.3. The SMILES string of the molecule is CC(C)COc1cccc(/C(O)=C2\C(=O)C(=O)N(c3ccc(Cl)c(Cl)c3)C2c2ccc(O)cc2)c1. The van der Waals surface area contributed by atoms with Gasteiger partial charge in [0.25, 0.3) is 11.7 Å². The van der Waals surface area contributed by atoms with Gasteiger partial charge < -0.3 is 14.9 Å². The summed E-state index contributed by atoms with van der Waals surface area (Å²) in [6.45, 7) is 4.53. The lowest BCUT2D eigenvalue weighted by Crippen LogP contribution is -2.29. The normalized spacial score (nSPS) is 17.3. The van der Waals surface area contributed by atoms with Crippen LogP contribution in [0, 0.1) is 5.92 Å². The number of carbonyl (C=O) groups excluding carboxylic acids is 2. The van der Waals surface area contributed by atoms with Gasteiger partial charge in [0.1, 0.15) is 17.3 Å². The summed E-state index contributed by atoms with van der Waals surface area (Å²) < 4.78 is 5.76. The van der Waals surface area contributed by atoms with Crippen molar-refractivity contribution in [2.45, 2.75) is 19.9 Å². The molecule has 3 aromatic carbocycles. The quantitative estimate of drug-likeness (QED) is 0.228. The average Bonchev–Trinajstić information content (AvgIpc) is 3.10. The maximum absolute atomic E-state index is 13.3. The lowest BCUT2D eigenvalue weighted by Gasteiger charge is -2.25. The van der Waals surface area contributed by atoms with Crippen LogP contribution in [0.25, 0.3) is 5.76 Å². The topological polar surface area (TPSA) is 87.1 Å². The lowest BCUT2D eigenvalue weighted by molar-refractivity contribution is -0.132. The molecule has 180 valence electrons. The van der Waals surface area contributed by atoms with Crippen molar-refractivity contribution < 1.29 is 24.5 Å². The Balaban J connectivity index is 1.87.